The maximum atomic E-state index is 12.8. The van der Waals surface area contributed by atoms with E-state index in [9.17, 15) is 4.79 Å². The molecule has 126 valence electrons. The summed E-state index contributed by atoms with van der Waals surface area (Å²) in [5.41, 5.74) is 1.91. The predicted octanol–water partition coefficient (Wildman–Crippen LogP) is 4.93. The van der Waals surface area contributed by atoms with Gasteiger partial charge in [-0.05, 0) is 49.2 Å². The maximum absolute atomic E-state index is 12.8. The Morgan fingerprint density at radius 2 is 1.79 bits per heavy atom. The summed E-state index contributed by atoms with van der Waals surface area (Å²) < 4.78 is 5.15. The molecule has 0 heterocycles. The van der Waals surface area contributed by atoms with Gasteiger partial charge < -0.3 is 9.64 Å². The van der Waals surface area contributed by atoms with Gasteiger partial charge in [-0.3, -0.25) is 4.79 Å². The van der Waals surface area contributed by atoms with Crippen molar-refractivity contribution in [2.24, 2.45) is 0 Å². The molecular weight excluding hydrogens is 298 g/mol. The summed E-state index contributed by atoms with van der Waals surface area (Å²) in [5, 5.41) is 0. The lowest BCUT2D eigenvalue weighted by atomic mass is 10.1. The van der Waals surface area contributed by atoms with E-state index < -0.39 is 0 Å². The molecule has 1 amide bonds. The highest BCUT2D eigenvalue weighted by Crippen LogP contribution is 2.20. The number of carbonyl (C=O) groups excluding carboxylic acids is 1. The van der Waals surface area contributed by atoms with Gasteiger partial charge in [-0.25, -0.2) is 0 Å². The molecule has 0 saturated carbocycles. The molecular formula is C21H25NO2. The summed E-state index contributed by atoms with van der Waals surface area (Å²) in [4.78, 5) is 14.6. The van der Waals surface area contributed by atoms with Crippen molar-refractivity contribution in [2.45, 2.75) is 32.7 Å². The van der Waals surface area contributed by atoms with Crippen LogP contribution in [0.1, 0.15) is 32.3 Å². The minimum Gasteiger partial charge on any atom is -0.497 e. The zero-order valence-electron chi connectivity index (χ0n) is 14.6. The van der Waals surface area contributed by atoms with E-state index in [1.165, 1.54) is 0 Å². The van der Waals surface area contributed by atoms with Gasteiger partial charge in [0.15, 0.2) is 0 Å². The first-order valence-corrected chi connectivity index (χ1v) is 8.36. The molecule has 0 aliphatic carbocycles. The third-order valence-electron chi connectivity index (χ3n) is 3.95. The fraction of sp³-hybridized carbons (Fsp3) is 0.286. The second-order valence-corrected chi connectivity index (χ2v) is 5.79. The summed E-state index contributed by atoms with van der Waals surface area (Å²) in [5.74, 6) is 0.805. The number of rotatable bonds is 7. The van der Waals surface area contributed by atoms with E-state index in [1.54, 1.807) is 13.2 Å². The smallest absolute Gasteiger partial charge is 0.251 e. The average Bonchev–Trinajstić information content (AvgIpc) is 2.62. The Labute approximate surface area is 144 Å². The van der Waals surface area contributed by atoms with Gasteiger partial charge in [0.05, 0.1) is 7.11 Å². The molecule has 2 rings (SSSR count). The molecule has 3 nitrogen and oxygen atoms in total. The number of amides is 1. The summed E-state index contributed by atoms with van der Waals surface area (Å²) >= 11 is 0. The fourth-order valence-electron chi connectivity index (χ4n) is 2.70. The highest BCUT2D eigenvalue weighted by Gasteiger charge is 2.19. The summed E-state index contributed by atoms with van der Waals surface area (Å²) in [6, 6.07) is 17.6. The first-order chi connectivity index (χ1) is 11.7. The first-order valence-electron chi connectivity index (χ1n) is 8.36. The van der Waals surface area contributed by atoms with Crippen LogP contribution in [0.3, 0.4) is 0 Å². The van der Waals surface area contributed by atoms with Crippen LogP contribution in [-0.2, 0) is 4.79 Å². The molecule has 3 heteroatoms. The Kier molecular flexibility index (Phi) is 6.62. The molecule has 24 heavy (non-hydrogen) atoms. The number of hydrogen-bond donors (Lipinski definition) is 0. The van der Waals surface area contributed by atoms with Crippen molar-refractivity contribution in [3.05, 3.63) is 66.2 Å². The molecule has 0 aliphatic heterocycles. The van der Waals surface area contributed by atoms with E-state index in [4.69, 9.17) is 4.74 Å². The maximum Gasteiger partial charge on any atom is 0.251 e. The Morgan fingerprint density at radius 3 is 2.38 bits per heavy atom. The van der Waals surface area contributed by atoms with Crippen LogP contribution in [-0.4, -0.2) is 19.1 Å². The second-order valence-electron chi connectivity index (χ2n) is 5.79. The number of hydrogen-bond acceptors (Lipinski definition) is 2. The largest absolute Gasteiger partial charge is 0.497 e. The molecule has 0 spiro atoms. The van der Waals surface area contributed by atoms with Gasteiger partial charge in [0.25, 0.3) is 5.91 Å². The lowest BCUT2D eigenvalue weighted by Gasteiger charge is -2.28. The number of ether oxygens (including phenoxy) is 1. The Bertz CT molecular complexity index is 662. The minimum absolute atomic E-state index is 0.00188. The molecule has 2 aromatic carbocycles. The van der Waals surface area contributed by atoms with E-state index in [2.05, 4.69) is 13.8 Å². The SMILES string of the molecule is CCC[C@H](C)N(C(=O)/C=C/c1ccc(OC)cc1)c1ccccc1. The second kappa shape index (κ2) is 8.92. The quantitative estimate of drug-likeness (QED) is 0.676. The number of benzene rings is 2. The summed E-state index contributed by atoms with van der Waals surface area (Å²) in [7, 11) is 1.64. The third kappa shape index (κ3) is 4.72. The van der Waals surface area contributed by atoms with Gasteiger partial charge in [-0.2, -0.15) is 0 Å². The molecule has 2 aromatic rings. The number of methoxy groups -OCH3 is 1. The number of carbonyl (C=O) groups is 1. The van der Waals surface area contributed by atoms with Crippen molar-refractivity contribution < 1.29 is 9.53 Å². The number of nitrogens with zero attached hydrogens (tertiary/aromatic N) is 1. The minimum atomic E-state index is -0.00188. The van der Waals surface area contributed by atoms with Crippen LogP contribution >= 0.6 is 0 Å². The van der Waals surface area contributed by atoms with Crippen molar-refractivity contribution in [3.8, 4) is 5.75 Å². The monoisotopic (exact) mass is 323 g/mol. The van der Waals surface area contributed by atoms with Crippen LogP contribution in [0, 0.1) is 0 Å². The van der Waals surface area contributed by atoms with Gasteiger partial charge in [-0.15, -0.1) is 0 Å². The standard InChI is InChI=1S/C21H25NO2/c1-4-8-17(2)22(19-9-6-5-7-10-19)21(23)16-13-18-11-14-20(24-3)15-12-18/h5-7,9-17H,4,8H2,1-3H3/b16-13+/t17-/m0/s1. The molecule has 0 bridgehead atoms. The molecule has 1 atom stereocenters. The van der Waals surface area contributed by atoms with Gasteiger partial charge in [-0.1, -0.05) is 43.7 Å². The van der Waals surface area contributed by atoms with Crippen LogP contribution in [0.15, 0.2) is 60.7 Å². The van der Waals surface area contributed by atoms with Crippen LogP contribution in [0.4, 0.5) is 5.69 Å². The lowest BCUT2D eigenvalue weighted by Crippen LogP contribution is -2.37. The molecule has 0 unspecified atom stereocenters. The van der Waals surface area contributed by atoms with Crippen LogP contribution in [0.2, 0.25) is 0 Å². The summed E-state index contributed by atoms with van der Waals surface area (Å²) in [6.07, 6.45) is 5.49. The highest BCUT2D eigenvalue weighted by molar-refractivity contribution is 6.04. The fourth-order valence-corrected chi connectivity index (χ4v) is 2.70. The number of anilines is 1. The molecule has 0 aromatic heterocycles. The zero-order chi connectivity index (χ0) is 17.4. The van der Waals surface area contributed by atoms with Crippen molar-refractivity contribution in [1.29, 1.82) is 0 Å². The van der Waals surface area contributed by atoms with Gasteiger partial charge in [0.2, 0.25) is 0 Å². The van der Waals surface area contributed by atoms with Crippen molar-refractivity contribution in [1.82, 2.24) is 0 Å². The number of para-hydroxylation sites is 1. The van der Waals surface area contributed by atoms with Crippen LogP contribution < -0.4 is 9.64 Å². The summed E-state index contributed by atoms with van der Waals surface area (Å²) in [6.45, 7) is 4.23. The van der Waals surface area contributed by atoms with E-state index in [-0.39, 0.29) is 11.9 Å². The Hall–Kier alpha value is -2.55. The van der Waals surface area contributed by atoms with Crippen molar-refractivity contribution >= 4 is 17.7 Å². The lowest BCUT2D eigenvalue weighted by molar-refractivity contribution is -0.114. The Balaban J connectivity index is 2.19. The Morgan fingerprint density at radius 1 is 1.12 bits per heavy atom. The average molecular weight is 323 g/mol. The van der Waals surface area contributed by atoms with Crippen molar-refractivity contribution in [2.75, 3.05) is 12.0 Å². The molecule has 0 fully saturated rings. The zero-order valence-corrected chi connectivity index (χ0v) is 14.6. The normalized spacial score (nSPS) is 12.1. The van der Waals surface area contributed by atoms with E-state index in [0.29, 0.717) is 0 Å². The highest BCUT2D eigenvalue weighted by atomic mass is 16.5. The third-order valence-corrected chi connectivity index (χ3v) is 3.95. The van der Waals surface area contributed by atoms with Gasteiger partial charge >= 0.3 is 0 Å². The van der Waals surface area contributed by atoms with E-state index in [1.807, 2.05) is 65.6 Å². The molecule has 0 saturated heterocycles. The van der Waals surface area contributed by atoms with E-state index in [0.717, 1.165) is 29.8 Å². The van der Waals surface area contributed by atoms with Gasteiger partial charge in [0.1, 0.15) is 5.75 Å². The first kappa shape index (κ1) is 17.8. The topological polar surface area (TPSA) is 29.5 Å². The molecule has 0 N–H and O–H groups in total. The van der Waals surface area contributed by atoms with Crippen LogP contribution in [0.25, 0.3) is 6.08 Å². The molecule has 0 radical (unpaired) electrons. The van der Waals surface area contributed by atoms with E-state index >= 15 is 0 Å². The van der Waals surface area contributed by atoms with Crippen LogP contribution in [0.5, 0.6) is 5.75 Å². The van der Waals surface area contributed by atoms with Crippen molar-refractivity contribution in [3.63, 3.8) is 0 Å². The van der Waals surface area contributed by atoms with Gasteiger partial charge in [0, 0.05) is 17.8 Å². The predicted molar refractivity (Wildman–Crippen MR) is 100 cm³/mol. The molecule has 0 aliphatic rings.